The molecule has 1 aliphatic rings. The number of rotatable bonds is 2. The van der Waals surface area contributed by atoms with Crippen molar-refractivity contribution >= 4 is 11.3 Å². The van der Waals surface area contributed by atoms with E-state index in [0.29, 0.717) is 5.92 Å². The predicted molar refractivity (Wildman–Crippen MR) is 64.9 cm³/mol. The molecule has 0 aromatic carbocycles. The molecule has 84 valence electrons. The molecule has 1 aliphatic heterocycles. The van der Waals surface area contributed by atoms with Crippen molar-refractivity contribution in [1.29, 1.82) is 0 Å². The van der Waals surface area contributed by atoms with Gasteiger partial charge in [-0.3, -0.25) is 0 Å². The van der Waals surface area contributed by atoms with Gasteiger partial charge >= 0.3 is 0 Å². The zero-order valence-corrected chi connectivity index (χ0v) is 10.2. The molecule has 0 amide bonds. The van der Waals surface area contributed by atoms with Gasteiger partial charge in [0.15, 0.2) is 10.8 Å². The van der Waals surface area contributed by atoms with Crippen molar-refractivity contribution in [2.24, 2.45) is 0 Å². The van der Waals surface area contributed by atoms with E-state index in [1.165, 1.54) is 4.88 Å². The van der Waals surface area contributed by atoms with E-state index in [2.05, 4.69) is 17.2 Å². The van der Waals surface area contributed by atoms with E-state index < -0.39 is 0 Å². The van der Waals surface area contributed by atoms with E-state index >= 15 is 0 Å². The third kappa shape index (κ3) is 1.58. The smallest absolute Gasteiger partial charge is 0.162 e. The summed E-state index contributed by atoms with van der Waals surface area (Å²) in [6.07, 6.45) is 0. The predicted octanol–water partition coefficient (Wildman–Crippen LogP) is 2.71. The molecule has 1 N–H and O–H groups in total. The molecule has 0 unspecified atom stereocenters. The number of aromatic nitrogens is 1. The fourth-order valence-electron chi connectivity index (χ4n) is 1.92. The zero-order chi connectivity index (χ0) is 11.1. The lowest BCUT2D eigenvalue weighted by Crippen LogP contribution is -2.39. The Labute approximate surface area is 98.5 Å². The van der Waals surface area contributed by atoms with Gasteiger partial charge in [0.25, 0.3) is 0 Å². The number of hydrogen-bond donors (Lipinski definition) is 1. The van der Waals surface area contributed by atoms with Crippen molar-refractivity contribution in [2.75, 3.05) is 13.1 Å². The van der Waals surface area contributed by atoms with E-state index in [0.717, 1.165) is 35.3 Å². The molecule has 1 saturated heterocycles. The summed E-state index contributed by atoms with van der Waals surface area (Å²) < 4.78 is 5.60. The second-order valence-corrected chi connectivity index (χ2v) is 5.26. The second kappa shape index (κ2) is 3.71. The van der Waals surface area contributed by atoms with E-state index in [1.54, 1.807) is 11.3 Å². The molecular formula is C12H14N2OS. The molecule has 2 aromatic rings. The molecule has 3 rings (SSSR count). The molecule has 0 bridgehead atoms. The van der Waals surface area contributed by atoms with Crippen LogP contribution in [-0.4, -0.2) is 18.1 Å². The normalized spacial score (nSPS) is 16.4. The molecular weight excluding hydrogens is 220 g/mol. The van der Waals surface area contributed by atoms with Crippen LogP contribution in [0.5, 0.6) is 0 Å². The Morgan fingerprint density at radius 1 is 1.38 bits per heavy atom. The minimum Gasteiger partial charge on any atom is -0.459 e. The van der Waals surface area contributed by atoms with Gasteiger partial charge in [-0.15, -0.1) is 11.3 Å². The van der Waals surface area contributed by atoms with Crippen LogP contribution >= 0.6 is 11.3 Å². The fourth-order valence-corrected chi connectivity index (χ4v) is 3.04. The number of thiazole rings is 1. The zero-order valence-electron chi connectivity index (χ0n) is 9.41. The monoisotopic (exact) mass is 234 g/mol. The molecule has 0 saturated carbocycles. The highest BCUT2D eigenvalue weighted by Gasteiger charge is 2.24. The lowest BCUT2D eigenvalue weighted by Gasteiger charge is -2.26. The van der Waals surface area contributed by atoms with Crippen LogP contribution in [0.4, 0.5) is 0 Å². The minimum atomic E-state index is 0.655. The van der Waals surface area contributed by atoms with Gasteiger partial charge in [0.2, 0.25) is 0 Å². The van der Waals surface area contributed by atoms with Crippen molar-refractivity contribution in [1.82, 2.24) is 10.3 Å². The number of aryl methyl sites for hydroxylation is 2. The second-order valence-electron chi connectivity index (χ2n) is 4.23. The van der Waals surface area contributed by atoms with E-state index in [4.69, 9.17) is 4.42 Å². The number of nitrogens with zero attached hydrogens (tertiary/aromatic N) is 1. The largest absolute Gasteiger partial charge is 0.459 e. The number of furan rings is 1. The Morgan fingerprint density at radius 2 is 2.19 bits per heavy atom. The van der Waals surface area contributed by atoms with Crippen LogP contribution in [-0.2, 0) is 0 Å². The standard InChI is InChI=1S/C12H14N2OS/c1-7-3-4-10(15-7)12-14-8(2)11(16-12)9-5-13-6-9/h3-4,9,13H,5-6H2,1-2H3. The Kier molecular flexibility index (Phi) is 2.33. The topological polar surface area (TPSA) is 38.1 Å². The Balaban J connectivity index is 1.96. The molecule has 0 radical (unpaired) electrons. The summed E-state index contributed by atoms with van der Waals surface area (Å²) in [6, 6.07) is 3.98. The maximum absolute atomic E-state index is 5.60. The van der Waals surface area contributed by atoms with E-state index in [-0.39, 0.29) is 0 Å². The summed E-state index contributed by atoms with van der Waals surface area (Å²) in [6.45, 7) is 6.21. The summed E-state index contributed by atoms with van der Waals surface area (Å²) in [5.41, 5.74) is 1.15. The van der Waals surface area contributed by atoms with Crippen LogP contribution in [0, 0.1) is 13.8 Å². The van der Waals surface area contributed by atoms with Crippen molar-refractivity contribution in [3.8, 4) is 10.8 Å². The first-order chi connectivity index (χ1) is 7.74. The summed E-state index contributed by atoms with van der Waals surface area (Å²) in [5, 5.41) is 4.30. The lowest BCUT2D eigenvalue weighted by atomic mass is 10.0. The van der Waals surface area contributed by atoms with E-state index in [9.17, 15) is 0 Å². The molecule has 0 aliphatic carbocycles. The molecule has 2 aromatic heterocycles. The van der Waals surface area contributed by atoms with Crippen molar-refractivity contribution in [2.45, 2.75) is 19.8 Å². The molecule has 0 atom stereocenters. The third-order valence-electron chi connectivity index (χ3n) is 2.94. The number of nitrogens with one attached hydrogen (secondary N) is 1. The van der Waals surface area contributed by atoms with Gasteiger partial charge in [0, 0.05) is 23.9 Å². The Hall–Kier alpha value is -1.13. The average Bonchev–Trinajstić information content (AvgIpc) is 2.72. The summed E-state index contributed by atoms with van der Waals surface area (Å²) in [7, 11) is 0. The number of hydrogen-bond acceptors (Lipinski definition) is 4. The van der Waals surface area contributed by atoms with Gasteiger partial charge in [-0.2, -0.15) is 0 Å². The van der Waals surface area contributed by atoms with Crippen molar-refractivity contribution in [3.05, 3.63) is 28.5 Å². The van der Waals surface area contributed by atoms with Gasteiger partial charge < -0.3 is 9.73 Å². The maximum Gasteiger partial charge on any atom is 0.162 e. The lowest BCUT2D eigenvalue weighted by molar-refractivity contribution is 0.452. The molecule has 1 fully saturated rings. The molecule has 16 heavy (non-hydrogen) atoms. The Morgan fingerprint density at radius 3 is 2.75 bits per heavy atom. The van der Waals surface area contributed by atoms with Gasteiger partial charge in [-0.25, -0.2) is 4.98 Å². The van der Waals surface area contributed by atoms with E-state index in [1.807, 2.05) is 19.1 Å². The van der Waals surface area contributed by atoms with Gasteiger partial charge in [0.05, 0.1) is 5.69 Å². The SMILES string of the molecule is Cc1ccc(-c2nc(C)c(C3CNC3)s2)o1. The molecule has 3 nitrogen and oxygen atoms in total. The fraction of sp³-hybridized carbons (Fsp3) is 0.417. The quantitative estimate of drug-likeness (QED) is 0.868. The van der Waals surface area contributed by atoms with Crippen molar-refractivity contribution in [3.63, 3.8) is 0 Å². The maximum atomic E-state index is 5.60. The van der Waals surface area contributed by atoms with Crippen LogP contribution in [0.15, 0.2) is 16.5 Å². The molecule has 0 spiro atoms. The average molecular weight is 234 g/mol. The minimum absolute atomic E-state index is 0.655. The van der Waals surface area contributed by atoms with Crippen LogP contribution in [0.1, 0.15) is 22.2 Å². The van der Waals surface area contributed by atoms with Crippen LogP contribution in [0.3, 0.4) is 0 Å². The summed E-state index contributed by atoms with van der Waals surface area (Å²) >= 11 is 1.76. The Bertz CT molecular complexity index is 511. The van der Waals surface area contributed by atoms with Crippen LogP contribution in [0.2, 0.25) is 0 Å². The highest BCUT2D eigenvalue weighted by Crippen LogP contribution is 2.34. The summed E-state index contributed by atoms with van der Waals surface area (Å²) in [5.74, 6) is 2.49. The molecule has 4 heteroatoms. The van der Waals surface area contributed by atoms with Gasteiger partial charge in [-0.05, 0) is 26.0 Å². The summed E-state index contributed by atoms with van der Waals surface area (Å²) in [4.78, 5) is 6.00. The first kappa shape index (κ1) is 10.1. The van der Waals surface area contributed by atoms with Crippen molar-refractivity contribution < 1.29 is 4.42 Å². The van der Waals surface area contributed by atoms with Crippen LogP contribution < -0.4 is 5.32 Å². The highest BCUT2D eigenvalue weighted by molar-refractivity contribution is 7.15. The first-order valence-electron chi connectivity index (χ1n) is 5.49. The first-order valence-corrected chi connectivity index (χ1v) is 6.30. The highest BCUT2D eigenvalue weighted by atomic mass is 32.1. The van der Waals surface area contributed by atoms with Crippen LogP contribution in [0.25, 0.3) is 10.8 Å². The molecule has 3 heterocycles. The third-order valence-corrected chi connectivity index (χ3v) is 4.27. The van der Waals surface area contributed by atoms with Gasteiger partial charge in [0.1, 0.15) is 5.76 Å². The van der Waals surface area contributed by atoms with Gasteiger partial charge in [-0.1, -0.05) is 0 Å².